The number of hydrogen-bond acceptors (Lipinski definition) is 0. The van der Waals surface area contributed by atoms with E-state index in [4.69, 9.17) is 0 Å². The van der Waals surface area contributed by atoms with Crippen molar-refractivity contribution in [1.29, 1.82) is 0 Å². The fourth-order valence-electron chi connectivity index (χ4n) is 1.65. The molecule has 1 unspecified atom stereocenters. The third-order valence-electron chi connectivity index (χ3n) is 2.99. The molecule has 0 nitrogen and oxygen atoms in total. The average Bonchev–Trinajstić information content (AvgIpc) is 2.27. The summed E-state index contributed by atoms with van der Waals surface area (Å²) in [5.41, 5.74) is 1.68. The molecule has 0 heterocycles. The Balaban J connectivity index is 2.89. The number of benzene rings is 1. The molecule has 0 saturated heterocycles. The van der Waals surface area contributed by atoms with Gasteiger partial charge in [0.25, 0.3) is 0 Å². The van der Waals surface area contributed by atoms with Crippen molar-refractivity contribution in [3.63, 3.8) is 0 Å². The van der Waals surface area contributed by atoms with E-state index in [-0.39, 0.29) is 5.41 Å². The van der Waals surface area contributed by atoms with Gasteiger partial charge in [-0.1, -0.05) is 56.3 Å². The highest BCUT2D eigenvalue weighted by molar-refractivity contribution is 5.25. The van der Waals surface area contributed by atoms with Crippen LogP contribution >= 0.6 is 0 Å². The van der Waals surface area contributed by atoms with Crippen LogP contribution in [0.15, 0.2) is 42.5 Å². The Morgan fingerprint density at radius 1 is 1.29 bits per heavy atom. The van der Waals surface area contributed by atoms with Crippen LogP contribution in [0.4, 0.5) is 0 Å². The van der Waals surface area contributed by atoms with Gasteiger partial charge in [0.1, 0.15) is 0 Å². The fourth-order valence-corrected chi connectivity index (χ4v) is 1.65. The van der Waals surface area contributed by atoms with Crippen LogP contribution in [0, 0.1) is 6.92 Å². The highest BCUT2D eigenvalue weighted by Crippen LogP contribution is 2.31. The van der Waals surface area contributed by atoms with Crippen LogP contribution in [0.2, 0.25) is 0 Å². The van der Waals surface area contributed by atoms with Crippen molar-refractivity contribution >= 4 is 0 Å². The summed E-state index contributed by atoms with van der Waals surface area (Å²) in [4.78, 5) is 0. The summed E-state index contributed by atoms with van der Waals surface area (Å²) >= 11 is 0. The molecule has 1 atom stereocenters. The maximum atomic E-state index is 3.74. The standard InChI is InChI=1S/C14H19/c1-4-6-12-14(3,5-2)13-10-8-7-9-11-13/h4,6-11H,1,5,12H2,2-3H3. The maximum absolute atomic E-state index is 3.74. The van der Waals surface area contributed by atoms with Crippen LogP contribution < -0.4 is 0 Å². The van der Waals surface area contributed by atoms with Gasteiger partial charge in [-0.2, -0.15) is 0 Å². The number of rotatable bonds is 4. The first kappa shape index (κ1) is 11.0. The van der Waals surface area contributed by atoms with Gasteiger partial charge in [-0.15, -0.1) is 0 Å². The van der Waals surface area contributed by atoms with Crippen molar-refractivity contribution in [2.45, 2.75) is 32.1 Å². The smallest absolute Gasteiger partial charge is 0.00434 e. The van der Waals surface area contributed by atoms with Gasteiger partial charge in [0.15, 0.2) is 0 Å². The minimum absolute atomic E-state index is 0.259. The quantitative estimate of drug-likeness (QED) is 0.664. The molecule has 1 aromatic carbocycles. The normalized spacial score (nSPS) is 15.6. The number of hydrogen-bond donors (Lipinski definition) is 0. The molecule has 1 rings (SSSR count). The van der Waals surface area contributed by atoms with E-state index in [0.717, 1.165) is 12.8 Å². The van der Waals surface area contributed by atoms with E-state index >= 15 is 0 Å². The van der Waals surface area contributed by atoms with Gasteiger partial charge in [0.05, 0.1) is 0 Å². The molecule has 0 amide bonds. The third kappa shape index (κ3) is 2.47. The van der Waals surface area contributed by atoms with E-state index < -0.39 is 0 Å². The molecule has 0 heteroatoms. The summed E-state index contributed by atoms with van der Waals surface area (Å²) in [5, 5.41) is 0. The maximum Gasteiger partial charge on any atom is -0.00434 e. The van der Waals surface area contributed by atoms with Crippen molar-refractivity contribution in [1.82, 2.24) is 0 Å². The largest absolute Gasteiger partial charge is 0.0882 e. The van der Waals surface area contributed by atoms with E-state index in [2.05, 4.69) is 57.2 Å². The van der Waals surface area contributed by atoms with Gasteiger partial charge in [0.2, 0.25) is 0 Å². The Kier molecular flexibility index (Phi) is 3.94. The molecule has 0 aromatic heterocycles. The lowest BCUT2D eigenvalue weighted by Gasteiger charge is -2.27. The number of allylic oxidation sites excluding steroid dienone is 2. The molecule has 14 heavy (non-hydrogen) atoms. The third-order valence-corrected chi connectivity index (χ3v) is 2.99. The van der Waals surface area contributed by atoms with Crippen LogP contribution in [0.5, 0.6) is 0 Å². The SMILES string of the molecule is [CH2]C=CCC(C)(CC)c1ccccc1. The second kappa shape index (κ2) is 4.99. The van der Waals surface area contributed by atoms with E-state index in [9.17, 15) is 0 Å². The van der Waals surface area contributed by atoms with Crippen LogP contribution in [-0.4, -0.2) is 0 Å². The van der Waals surface area contributed by atoms with Gasteiger partial charge >= 0.3 is 0 Å². The average molecular weight is 187 g/mol. The van der Waals surface area contributed by atoms with Crippen molar-refractivity contribution in [3.05, 3.63) is 55.0 Å². The summed E-state index contributed by atoms with van der Waals surface area (Å²) in [7, 11) is 0. The van der Waals surface area contributed by atoms with Crippen molar-refractivity contribution < 1.29 is 0 Å². The minimum atomic E-state index is 0.259. The fraction of sp³-hybridized carbons (Fsp3) is 0.357. The molecular formula is C14H19. The van der Waals surface area contributed by atoms with Crippen LogP contribution in [-0.2, 0) is 5.41 Å². The highest BCUT2D eigenvalue weighted by atomic mass is 14.3. The molecule has 1 aromatic rings. The summed E-state index contributed by atoms with van der Waals surface area (Å²) in [6, 6.07) is 10.7. The van der Waals surface area contributed by atoms with Crippen molar-refractivity contribution in [2.75, 3.05) is 0 Å². The zero-order valence-corrected chi connectivity index (χ0v) is 9.16. The van der Waals surface area contributed by atoms with E-state index in [1.807, 2.05) is 6.08 Å². The Morgan fingerprint density at radius 2 is 1.93 bits per heavy atom. The Morgan fingerprint density at radius 3 is 2.43 bits per heavy atom. The predicted octanol–water partition coefficient (Wildman–Crippen LogP) is 4.13. The predicted molar refractivity (Wildman–Crippen MR) is 63.2 cm³/mol. The lowest BCUT2D eigenvalue weighted by molar-refractivity contribution is 0.461. The summed E-state index contributed by atoms with van der Waals surface area (Å²) in [6.45, 7) is 8.28. The molecule has 0 spiro atoms. The Hall–Kier alpha value is -1.04. The second-order valence-electron chi connectivity index (χ2n) is 3.96. The summed E-state index contributed by atoms with van der Waals surface area (Å²) in [6.07, 6.45) is 6.26. The van der Waals surface area contributed by atoms with Gasteiger partial charge in [0, 0.05) is 0 Å². The van der Waals surface area contributed by atoms with E-state index in [1.54, 1.807) is 0 Å². The van der Waals surface area contributed by atoms with Gasteiger partial charge in [-0.25, -0.2) is 0 Å². The first-order valence-corrected chi connectivity index (χ1v) is 5.22. The Bertz CT molecular complexity index is 284. The van der Waals surface area contributed by atoms with Crippen molar-refractivity contribution in [2.24, 2.45) is 0 Å². The molecule has 0 fully saturated rings. The van der Waals surface area contributed by atoms with Crippen LogP contribution in [0.25, 0.3) is 0 Å². The molecule has 0 aliphatic carbocycles. The lowest BCUT2D eigenvalue weighted by Crippen LogP contribution is -2.19. The van der Waals surface area contributed by atoms with Gasteiger partial charge in [-0.3, -0.25) is 0 Å². The first-order valence-electron chi connectivity index (χ1n) is 5.22. The summed E-state index contributed by atoms with van der Waals surface area (Å²) < 4.78 is 0. The molecule has 0 aliphatic rings. The van der Waals surface area contributed by atoms with E-state index in [0.29, 0.717) is 0 Å². The van der Waals surface area contributed by atoms with Gasteiger partial charge in [-0.05, 0) is 30.7 Å². The molecule has 0 aliphatic heterocycles. The van der Waals surface area contributed by atoms with Crippen LogP contribution in [0.1, 0.15) is 32.3 Å². The highest BCUT2D eigenvalue weighted by Gasteiger charge is 2.22. The molecule has 0 saturated carbocycles. The first-order chi connectivity index (χ1) is 6.73. The zero-order chi connectivity index (χ0) is 10.4. The lowest BCUT2D eigenvalue weighted by atomic mass is 9.77. The molecule has 1 radical (unpaired) electrons. The zero-order valence-electron chi connectivity index (χ0n) is 9.16. The van der Waals surface area contributed by atoms with E-state index in [1.165, 1.54) is 5.56 Å². The second-order valence-corrected chi connectivity index (χ2v) is 3.96. The summed E-state index contributed by atoms with van der Waals surface area (Å²) in [5.74, 6) is 0. The minimum Gasteiger partial charge on any atom is -0.0882 e. The molecule has 75 valence electrons. The topological polar surface area (TPSA) is 0 Å². The molecule has 0 bridgehead atoms. The molecule has 0 N–H and O–H groups in total. The Labute approximate surface area is 87.7 Å². The van der Waals surface area contributed by atoms with Crippen molar-refractivity contribution in [3.8, 4) is 0 Å². The van der Waals surface area contributed by atoms with Gasteiger partial charge < -0.3 is 0 Å². The van der Waals surface area contributed by atoms with Crippen LogP contribution in [0.3, 0.4) is 0 Å². The molecular weight excluding hydrogens is 168 g/mol. The monoisotopic (exact) mass is 187 g/mol.